The average molecular weight is 215 g/mol. The number of nitrogens with zero attached hydrogens (tertiary/aromatic N) is 1. The van der Waals surface area contributed by atoms with E-state index in [-0.39, 0.29) is 0 Å². The van der Waals surface area contributed by atoms with Crippen LogP contribution >= 0.6 is 0 Å². The van der Waals surface area contributed by atoms with Gasteiger partial charge in [-0.1, -0.05) is 30.3 Å². The molecule has 0 amide bonds. The Morgan fingerprint density at radius 3 is 2.88 bits per heavy atom. The Bertz CT molecular complexity index is 384. The number of hydrogen-bond donors (Lipinski definition) is 1. The molecule has 0 aliphatic rings. The van der Waals surface area contributed by atoms with Crippen LogP contribution in [0.5, 0.6) is 6.01 Å². The molecule has 3 heteroatoms. The predicted octanol–water partition coefficient (Wildman–Crippen LogP) is 2.63. The molecule has 1 aromatic carbocycles. The molecule has 2 aromatic rings. The number of hydrogen-bond acceptors (Lipinski definition) is 2. The van der Waals surface area contributed by atoms with Crippen LogP contribution in [0.25, 0.3) is 0 Å². The van der Waals surface area contributed by atoms with Crippen LogP contribution in [-0.4, -0.2) is 16.6 Å². The maximum atomic E-state index is 5.36. The molecule has 0 bridgehead atoms. The van der Waals surface area contributed by atoms with E-state index >= 15 is 0 Å². The summed E-state index contributed by atoms with van der Waals surface area (Å²) in [5.74, 6) is 0. The van der Waals surface area contributed by atoms with Gasteiger partial charge in [0, 0.05) is 12.4 Å². The number of aromatic amines is 1. The second-order valence-corrected chi connectivity index (χ2v) is 3.52. The number of imidazole rings is 1. The van der Waals surface area contributed by atoms with Gasteiger partial charge in [-0.2, -0.15) is 0 Å². The summed E-state index contributed by atoms with van der Waals surface area (Å²) in [7, 11) is 0. The lowest BCUT2D eigenvalue weighted by Crippen LogP contribution is -2.00. The van der Waals surface area contributed by atoms with Crippen molar-refractivity contribution in [2.24, 2.45) is 0 Å². The molecule has 0 aliphatic heterocycles. The highest BCUT2D eigenvalue weighted by Gasteiger charge is 1.96. The van der Waals surface area contributed by atoms with E-state index in [2.05, 4.69) is 40.7 Å². The Kier molecular flexibility index (Phi) is 4.00. The molecule has 0 unspecified atom stereocenters. The van der Waals surface area contributed by atoms with E-state index < -0.39 is 0 Å². The highest BCUT2D eigenvalue weighted by atomic mass is 16.5. The Hall–Kier alpha value is -1.77. The van der Waals surface area contributed by atoms with Crippen LogP contribution < -0.4 is 4.74 Å². The molecule has 1 aromatic heterocycles. The lowest BCUT2D eigenvalue weighted by Gasteiger charge is -2.02. The molecule has 0 fully saturated rings. The summed E-state index contributed by atoms with van der Waals surface area (Å²) in [6.07, 6.45) is 7.63. The summed E-state index contributed by atoms with van der Waals surface area (Å²) in [5, 5.41) is 0. The molecule has 3 nitrogen and oxygen atoms in total. The summed E-state index contributed by atoms with van der Waals surface area (Å²) >= 11 is 0. The molecule has 83 valence electrons. The first-order chi connectivity index (χ1) is 7.95. The standard InChI is InChI=1S/C13H15N2O/c1-2-6-12(7-3-1)8-4-5-11-16-13-14-9-10-15-13/h1-3,5-7,9-10H,4,8,11H2,(H,14,15). The minimum Gasteiger partial charge on any atom is -0.465 e. The molecule has 1 N–H and O–H groups in total. The third kappa shape index (κ3) is 3.42. The van der Waals surface area contributed by atoms with Crippen molar-refractivity contribution in [3.8, 4) is 6.01 Å². The zero-order chi connectivity index (χ0) is 11.1. The number of benzene rings is 1. The second kappa shape index (κ2) is 5.95. The van der Waals surface area contributed by atoms with Crippen LogP contribution in [0, 0.1) is 6.42 Å². The van der Waals surface area contributed by atoms with E-state index in [1.54, 1.807) is 12.4 Å². The van der Waals surface area contributed by atoms with Crippen molar-refractivity contribution in [1.82, 2.24) is 9.97 Å². The number of aryl methyl sites for hydroxylation is 1. The zero-order valence-corrected chi connectivity index (χ0v) is 9.10. The molecule has 1 radical (unpaired) electrons. The predicted molar refractivity (Wildman–Crippen MR) is 63.1 cm³/mol. The molecule has 1 heterocycles. The summed E-state index contributed by atoms with van der Waals surface area (Å²) in [5.41, 5.74) is 1.36. The molecule has 0 atom stereocenters. The number of rotatable bonds is 6. The third-order valence-corrected chi connectivity index (χ3v) is 2.29. The van der Waals surface area contributed by atoms with E-state index in [0.717, 1.165) is 12.8 Å². The van der Waals surface area contributed by atoms with Crippen molar-refractivity contribution in [1.29, 1.82) is 0 Å². The second-order valence-electron chi connectivity index (χ2n) is 3.52. The monoisotopic (exact) mass is 215 g/mol. The van der Waals surface area contributed by atoms with E-state index in [1.807, 2.05) is 6.07 Å². The first kappa shape index (κ1) is 10.7. The van der Waals surface area contributed by atoms with Crippen LogP contribution in [0.15, 0.2) is 42.7 Å². The number of ether oxygens (including phenoxy) is 1. The maximum absolute atomic E-state index is 5.36. The molecule has 0 saturated heterocycles. The van der Waals surface area contributed by atoms with Crippen LogP contribution in [0.4, 0.5) is 0 Å². The van der Waals surface area contributed by atoms with Gasteiger partial charge in [0.05, 0.1) is 6.61 Å². The van der Waals surface area contributed by atoms with Gasteiger partial charge in [0.25, 0.3) is 6.01 Å². The third-order valence-electron chi connectivity index (χ3n) is 2.29. The largest absolute Gasteiger partial charge is 0.465 e. The minimum absolute atomic E-state index is 0.580. The Balaban J connectivity index is 1.59. The number of nitrogens with one attached hydrogen (secondary N) is 1. The lowest BCUT2D eigenvalue weighted by atomic mass is 10.1. The summed E-state index contributed by atoms with van der Waals surface area (Å²) in [6, 6.07) is 11.0. The normalized spacial score (nSPS) is 10.2. The van der Waals surface area contributed by atoms with Crippen molar-refractivity contribution in [2.45, 2.75) is 12.8 Å². The van der Waals surface area contributed by atoms with Gasteiger partial charge < -0.3 is 9.72 Å². The van der Waals surface area contributed by atoms with E-state index in [1.165, 1.54) is 5.56 Å². The van der Waals surface area contributed by atoms with Crippen LogP contribution in [0.2, 0.25) is 0 Å². The topological polar surface area (TPSA) is 37.9 Å². The van der Waals surface area contributed by atoms with Gasteiger partial charge in [-0.3, -0.25) is 0 Å². The maximum Gasteiger partial charge on any atom is 0.293 e. The van der Waals surface area contributed by atoms with Crippen molar-refractivity contribution in [3.63, 3.8) is 0 Å². The van der Waals surface area contributed by atoms with Gasteiger partial charge >= 0.3 is 0 Å². The molecular formula is C13H15N2O. The fraction of sp³-hybridized carbons (Fsp3) is 0.231. The van der Waals surface area contributed by atoms with Crippen molar-refractivity contribution >= 4 is 0 Å². The van der Waals surface area contributed by atoms with Crippen molar-refractivity contribution < 1.29 is 4.74 Å². The molecular weight excluding hydrogens is 200 g/mol. The Labute approximate surface area is 95.5 Å². The van der Waals surface area contributed by atoms with Gasteiger partial charge in [-0.15, -0.1) is 0 Å². The molecule has 0 spiro atoms. The molecule has 0 saturated carbocycles. The fourth-order valence-corrected chi connectivity index (χ4v) is 1.46. The highest BCUT2D eigenvalue weighted by Crippen LogP contribution is 2.05. The first-order valence-corrected chi connectivity index (χ1v) is 5.43. The van der Waals surface area contributed by atoms with E-state index in [9.17, 15) is 0 Å². The SMILES string of the molecule is [CH](CCc1ccccc1)COc1ncc[nH]1. The Morgan fingerprint density at radius 1 is 1.25 bits per heavy atom. The summed E-state index contributed by atoms with van der Waals surface area (Å²) in [4.78, 5) is 6.87. The van der Waals surface area contributed by atoms with E-state index in [4.69, 9.17) is 4.74 Å². The van der Waals surface area contributed by atoms with Crippen LogP contribution in [0.1, 0.15) is 12.0 Å². The number of H-pyrrole nitrogens is 1. The zero-order valence-electron chi connectivity index (χ0n) is 9.10. The van der Waals surface area contributed by atoms with Gasteiger partial charge in [0.1, 0.15) is 0 Å². The molecule has 0 aliphatic carbocycles. The quantitative estimate of drug-likeness (QED) is 0.752. The lowest BCUT2D eigenvalue weighted by molar-refractivity contribution is 0.320. The fourth-order valence-electron chi connectivity index (χ4n) is 1.46. The Morgan fingerprint density at radius 2 is 2.12 bits per heavy atom. The summed E-state index contributed by atoms with van der Waals surface area (Å²) in [6.45, 7) is 0.598. The number of aromatic nitrogens is 2. The van der Waals surface area contributed by atoms with Gasteiger partial charge in [0.15, 0.2) is 0 Å². The van der Waals surface area contributed by atoms with Crippen LogP contribution in [-0.2, 0) is 6.42 Å². The van der Waals surface area contributed by atoms with Gasteiger partial charge in [0.2, 0.25) is 0 Å². The first-order valence-electron chi connectivity index (χ1n) is 5.43. The van der Waals surface area contributed by atoms with Crippen LogP contribution in [0.3, 0.4) is 0 Å². The van der Waals surface area contributed by atoms with Crippen molar-refractivity contribution in [3.05, 3.63) is 54.7 Å². The molecule has 16 heavy (non-hydrogen) atoms. The smallest absolute Gasteiger partial charge is 0.293 e. The minimum atomic E-state index is 0.580. The average Bonchev–Trinajstić information content (AvgIpc) is 2.83. The van der Waals surface area contributed by atoms with Gasteiger partial charge in [-0.25, -0.2) is 4.98 Å². The van der Waals surface area contributed by atoms with E-state index in [0.29, 0.717) is 12.6 Å². The highest BCUT2D eigenvalue weighted by molar-refractivity contribution is 5.14. The number of unbranched alkanes of at least 4 members (excludes halogenated alkanes) is 1. The molecule has 2 rings (SSSR count). The summed E-state index contributed by atoms with van der Waals surface area (Å²) < 4.78 is 5.36. The van der Waals surface area contributed by atoms with Crippen molar-refractivity contribution in [2.75, 3.05) is 6.61 Å². The van der Waals surface area contributed by atoms with Gasteiger partial charge in [-0.05, 0) is 24.8 Å².